The van der Waals surface area contributed by atoms with Crippen LogP contribution in [0.15, 0.2) is 16.8 Å². The van der Waals surface area contributed by atoms with E-state index >= 15 is 0 Å². The zero-order valence-corrected chi connectivity index (χ0v) is 15.2. The fraction of sp³-hybridized carbons (Fsp3) is 0.438. The maximum atomic E-state index is 12.4. The number of hydrogen-bond acceptors (Lipinski definition) is 7. The summed E-state index contributed by atoms with van der Waals surface area (Å²) in [4.78, 5) is 30.2. The average molecular weight is 381 g/mol. The summed E-state index contributed by atoms with van der Waals surface area (Å²) in [5.74, 6) is -1.33. The fourth-order valence-corrected chi connectivity index (χ4v) is 4.16. The van der Waals surface area contributed by atoms with Crippen molar-refractivity contribution in [3.63, 3.8) is 0 Å². The lowest BCUT2D eigenvalue weighted by Gasteiger charge is -2.26. The zero-order chi connectivity index (χ0) is 17.6. The molecule has 2 aromatic rings. The number of aromatic nitrogens is 1. The third-order valence-corrected chi connectivity index (χ3v) is 5.63. The lowest BCUT2D eigenvalue weighted by atomic mass is 10.1. The van der Waals surface area contributed by atoms with Gasteiger partial charge in [0.05, 0.1) is 18.1 Å². The lowest BCUT2D eigenvalue weighted by molar-refractivity contribution is 0.0374. The van der Waals surface area contributed by atoms with Crippen LogP contribution < -0.4 is 5.32 Å². The number of nitrogens with zero attached hydrogens (tertiary/aromatic N) is 2. The molecule has 0 unspecified atom stereocenters. The molecule has 25 heavy (non-hydrogen) atoms. The second kappa shape index (κ2) is 8.52. The van der Waals surface area contributed by atoms with Crippen molar-refractivity contribution in [2.45, 2.75) is 12.8 Å². The molecule has 3 heterocycles. The highest BCUT2D eigenvalue weighted by molar-refractivity contribution is 7.14. The largest absolute Gasteiger partial charge is 0.476 e. The summed E-state index contributed by atoms with van der Waals surface area (Å²) in [6, 6.07) is 1.98. The van der Waals surface area contributed by atoms with Crippen LogP contribution in [0, 0.1) is 0 Å². The Morgan fingerprint density at radius 3 is 2.84 bits per heavy atom. The molecule has 0 bridgehead atoms. The quantitative estimate of drug-likeness (QED) is 0.765. The minimum atomic E-state index is -1.10. The molecule has 9 heteroatoms. The van der Waals surface area contributed by atoms with Crippen molar-refractivity contribution in [1.29, 1.82) is 0 Å². The Kier molecular flexibility index (Phi) is 6.14. The van der Waals surface area contributed by atoms with Crippen LogP contribution in [0.4, 0.5) is 5.13 Å². The first-order chi connectivity index (χ1) is 12.1. The first-order valence-electron chi connectivity index (χ1n) is 8.00. The second-order valence-corrected chi connectivity index (χ2v) is 7.40. The average Bonchev–Trinajstić information content (AvgIpc) is 3.25. The van der Waals surface area contributed by atoms with Gasteiger partial charge in [0.1, 0.15) is 0 Å². The molecule has 2 N–H and O–H groups in total. The van der Waals surface area contributed by atoms with Crippen LogP contribution >= 0.6 is 22.7 Å². The maximum absolute atomic E-state index is 12.4. The van der Waals surface area contributed by atoms with Crippen molar-refractivity contribution in [2.75, 3.05) is 38.2 Å². The van der Waals surface area contributed by atoms with E-state index < -0.39 is 5.97 Å². The summed E-state index contributed by atoms with van der Waals surface area (Å²) in [6.45, 7) is 4.51. The number of hydrogen-bond donors (Lipinski definition) is 2. The predicted molar refractivity (Wildman–Crippen MR) is 96.9 cm³/mol. The van der Waals surface area contributed by atoms with Crippen LogP contribution in [0.25, 0.3) is 0 Å². The van der Waals surface area contributed by atoms with Crippen LogP contribution in [0.1, 0.15) is 32.1 Å². The highest BCUT2D eigenvalue weighted by atomic mass is 32.1. The van der Waals surface area contributed by atoms with E-state index in [4.69, 9.17) is 9.84 Å². The van der Waals surface area contributed by atoms with Crippen molar-refractivity contribution < 1.29 is 19.4 Å². The van der Waals surface area contributed by atoms with Crippen molar-refractivity contribution in [1.82, 2.24) is 9.88 Å². The maximum Gasteiger partial charge on any atom is 0.355 e. The van der Waals surface area contributed by atoms with E-state index in [1.165, 1.54) is 16.7 Å². The van der Waals surface area contributed by atoms with E-state index in [1.807, 2.05) is 11.4 Å². The minimum Gasteiger partial charge on any atom is -0.476 e. The Labute approximate surface area is 153 Å². The first kappa shape index (κ1) is 18.0. The molecule has 1 amide bonds. The second-order valence-electron chi connectivity index (χ2n) is 5.63. The van der Waals surface area contributed by atoms with E-state index in [0.29, 0.717) is 10.0 Å². The van der Waals surface area contributed by atoms with Crippen LogP contribution in [0.3, 0.4) is 0 Å². The van der Waals surface area contributed by atoms with Crippen LogP contribution in [-0.4, -0.2) is 59.7 Å². The van der Waals surface area contributed by atoms with Gasteiger partial charge in [0.2, 0.25) is 0 Å². The molecule has 1 saturated heterocycles. The number of anilines is 1. The molecule has 0 spiro atoms. The number of aryl methyl sites for hydroxylation is 1. The summed E-state index contributed by atoms with van der Waals surface area (Å²) in [6.07, 6.45) is 1.82. The number of thiazole rings is 1. The summed E-state index contributed by atoms with van der Waals surface area (Å²) < 4.78 is 5.34. The summed E-state index contributed by atoms with van der Waals surface area (Å²) in [7, 11) is 0. The van der Waals surface area contributed by atoms with Crippen LogP contribution in [0.2, 0.25) is 0 Å². The zero-order valence-electron chi connectivity index (χ0n) is 13.6. The van der Waals surface area contributed by atoms with Gasteiger partial charge in [-0.1, -0.05) is 0 Å². The minimum absolute atomic E-state index is 0.0581. The van der Waals surface area contributed by atoms with Gasteiger partial charge in [-0.2, -0.15) is 0 Å². The van der Waals surface area contributed by atoms with E-state index in [1.54, 1.807) is 0 Å². The van der Waals surface area contributed by atoms with Gasteiger partial charge in [0.15, 0.2) is 10.8 Å². The number of amides is 1. The van der Waals surface area contributed by atoms with Gasteiger partial charge < -0.3 is 9.84 Å². The number of carboxylic acid groups (broad SMARTS) is 1. The Bertz CT molecular complexity index is 737. The van der Waals surface area contributed by atoms with Crippen LogP contribution in [0.5, 0.6) is 0 Å². The third kappa shape index (κ3) is 4.85. The summed E-state index contributed by atoms with van der Waals surface area (Å²) in [5.41, 5.74) is 0.961. The molecule has 0 radical (unpaired) electrons. The number of rotatable bonds is 7. The molecule has 0 aromatic carbocycles. The van der Waals surface area contributed by atoms with Crippen LogP contribution in [-0.2, 0) is 11.2 Å². The van der Waals surface area contributed by atoms with Gasteiger partial charge in [-0.25, -0.2) is 9.78 Å². The number of ether oxygens (including phenoxy) is 1. The van der Waals surface area contributed by atoms with Crippen molar-refractivity contribution in [2.24, 2.45) is 0 Å². The molecule has 7 nitrogen and oxygen atoms in total. The highest BCUT2D eigenvalue weighted by Crippen LogP contribution is 2.22. The number of carboxylic acids is 1. The molecule has 1 aliphatic rings. The molecule has 3 rings (SSSR count). The van der Waals surface area contributed by atoms with E-state index in [-0.39, 0.29) is 11.6 Å². The normalized spacial score (nSPS) is 15.2. The monoisotopic (exact) mass is 381 g/mol. The number of aromatic carboxylic acids is 1. The van der Waals surface area contributed by atoms with E-state index in [2.05, 4.69) is 15.2 Å². The van der Waals surface area contributed by atoms with E-state index in [9.17, 15) is 9.59 Å². The standard InChI is InChI=1S/C16H19N3O4S2/c20-14(18-16-17-12(10-25-16)15(21)22)13-11(3-9-24-13)2-1-4-19-5-7-23-8-6-19/h3,9-10H,1-2,4-8H2,(H,21,22)(H,17,18,20). The van der Waals surface area contributed by atoms with Gasteiger partial charge in [-0.05, 0) is 36.4 Å². The summed E-state index contributed by atoms with van der Waals surface area (Å²) in [5, 5.41) is 15.2. The fourth-order valence-electron chi connectivity index (χ4n) is 2.63. The topological polar surface area (TPSA) is 91.8 Å². The number of nitrogens with one attached hydrogen (secondary N) is 1. The van der Waals surface area contributed by atoms with Gasteiger partial charge in [-0.15, -0.1) is 22.7 Å². The van der Waals surface area contributed by atoms with Gasteiger partial charge in [0, 0.05) is 18.5 Å². The SMILES string of the molecule is O=C(O)c1csc(NC(=O)c2sccc2CCCN2CCOCC2)n1. The van der Waals surface area contributed by atoms with Gasteiger partial charge in [-0.3, -0.25) is 15.0 Å². The van der Waals surface area contributed by atoms with Crippen molar-refractivity contribution >= 4 is 39.7 Å². The molecule has 0 saturated carbocycles. The molecule has 134 valence electrons. The number of carbonyl (C=O) groups is 2. The summed E-state index contributed by atoms with van der Waals surface area (Å²) >= 11 is 2.50. The molecule has 0 atom stereocenters. The van der Waals surface area contributed by atoms with Crippen molar-refractivity contribution in [3.8, 4) is 0 Å². The van der Waals surface area contributed by atoms with Gasteiger partial charge >= 0.3 is 5.97 Å². The Hall–Kier alpha value is -1.81. The Balaban J connectivity index is 1.54. The molecular weight excluding hydrogens is 362 g/mol. The van der Waals surface area contributed by atoms with E-state index in [0.717, 1.165) is 62.6 Å². The third-order valence-electron chi connectivity index (χ3n) is 3.92. The molecule has 1 fully saturated rings. The first-order valence-corrected chi connectivity index (χ1v) is 9.76. The Morgan fingerprint density at radius 1 is 1.32 bits per heavy atom. The smallest absolute Gasteiger partial charge is 0.355 e. The van der Waals surface area contributed by atoms with Crippen molar-refractivity contribution in [3.05, 3.63) is 33.0 Å². The molecule has 0 aliphatic carbocycles. The molecule has 2 aromatic heterocycles. The number of carbonyl (C=O) groups excluding carboxylic acids is 1. The predicted octanol–water partition coefficient (Wildman–Crippen LogP) is 2.42. The molecular formula is C16H19N3O4S2. The highest BCUT2D eigenvalue weighted by Gasteiger charge is 2.17. The van der Waals surface area contributed by atoms with Gasteiger partial charge in [0.25, 0.3) is 5.91 Å². The number of thiophene rings is 1. The Morgan fingerprint density at radius 2 is 2.12 bits per heavy atom. The number of morpholine rings is 1. The molecule has 1 aliphatic heterocycles. The lowest BCUT2D eigenvalue weighted by Crippen LogP contribution is -2.36.